The van der Waals surface area contributed by atoms with Gasteiger partial charge in [0.1, 0.15) is 11.6 Å². The van der Waals surface area contributed by atoms with Gasteiger partial charge in [-0.25, -0.2) is 4.39 Å². The minimum Gasteiger partial charge on any atom is -0.496 e. The SMILES string of the molecule is COc1ccc(CN(Cc2ccc(CN)cc2)Cc2c(F)cccc2Cl)cc1Br. The summed E-state index contributed by atoms with van der Waals surface area (Å²) in [4.78, 5) is 2.16. The van der Waals surface area contributed by atoms with E-state index in [0.29, 0.717) is 36.8 Å². The number of ether oxygens (including phenoxy) is 1. The fourth-order valence-electron chi connectivity index (χ4n) is 3.18. The second kappa shape index (κ2) is 10.2. The molecule has 29 heavy (non-hydrogen) atoms. The van der Waals surface area contributed by atoms with E-state index in [1.807, 2.05) is 30.3 Å². The van der Waals surface area contributed by atoms with Crippen LogP contribution in [0.25, 0.3) is 0 Å². The lowest BCUT2D eigenvalue weighted by atomic mass is 10.1. The molecular formula is C23H23BrClFN2O. The second-order valence-electron chi connectivity index (χ2n) is 6.83. The molecule has 3 rings (SSSR count). The molecule has 0 saturated carbocycles. The average Bonchev–Trinajstić information content (AvgIpc) is 2.71. The number of benzene rings is 3. The quantitative estimate of drug-likeness (QED) is 0.438. The monoisotopic (exact) mass is 476 g/mol. The molecular weight excluding hydrogens is 455 g/mol. The first-order valence-electron chi connectivity index (χ1n) is 9.25. The third-order valence-corrected chi connectivity index (χ3v) is 5.70. The fraction of sp³-hybridized carbons (Fsp3) is 0.217. The Balaban J connectivity index is 1.86. The summed E-state index contributed by atoms with van der Waals surface area (Å²) >= 11 is 9.81. The zero-order valence-electron chi connectivity index (χ0n) is 16.2. The molecule has 0 radical (unpaired) electrons. The summed E-state index contributed by atoms with van der Waals surface area (Å²) in [7, 11) is 1.64. The van der Waals surface area contributed by atoms with Gasteiger partial charge in [0.2, 0.25) is 0 Å². The van der Waals surface area contributed by atoms with Crippen molar-refractivity contribution < 1.29 is 9.13 Å². The van der Waals surface area contributed by atoms with E-state index < -0.39 is 0 Å². The Morgan fingerprint density at radius 3 is 2.24 bits per heavy atom. The standard InChI is InChI=1S/C23H23BrClFN2O/c1-29-23-10-9-18(11-20(23)24)14-28(13-17-7-5-16(12-27)6-8-17)15-19-21(25)3-2-4-22(19)26/h2-11H,12-15,27H2,1H3. The number of nitrogens with zero attached hydrogens (tertiary/aromatic N) is 1. The highest BCUT2D eigenvalue weighted by Crippen LogP contribution is 2.28. The molecule has 0 aliphatic carbocycles. The molecule has 0 aliphatic heterocycles. The molecule has 0 unspecified atom stereocenters. The number of hydrogen-bond donors (Lipinski definition) is 1. The maximum Gasteiger partial charge on any atom is 0.133 e. The smallest absolute Gasteiger partial charge is 0.133 e. The van der Waals surface area contributed by atoms with Crippen LogP contribution in [0.3, 0.4) is 0 Å². The molecule has 3 aromatic rings. The summed E-state index contributed by atoms with van der Waals surface area (Å²) in [6.45, 7) is 2.19. The van der Waals surface area contributed by atoms with Crippen LogP contribution in [-0.2, 0) is 26.2 Å². The molecule has 0 bridgehead atoms. The van der Waals surface area contributed by atoms with Gasteiger partial charge in [-0.2, -0.15) is 0 Å². The molecule has 2 N–H and O–H groups in total. The van der Waals surface area contributed by atoms with Crippen LogP contribution in [-0.4, -0.2) is 12.0 Å². The van der Waals surface area contributed by atoms with Gasteiger partial charge in [0.25, 0.3) is 0 Å². The van der Waals surface area contributed by atoms with Crippen LogP contribution in [0.1, 0.15) is 22.3 Å². The van der Waals surface area contributed by atoms with Crippen LogP contribution in [0.2, 0.25) is 5.02 Å². The van der Waals surface area contributed by atoms with Gasteiger partial charge in [-0.05, 0) is 56.9 Å². The number of rotatable bonds is 8. The predicted octanol–water partition coefficient (Wildman–Crippen LogP) is 5.91. The van der Waals surface area contributed by atoms with E-state index in [4.69, 9.17) is 22.1 Å². The second-order valence-corrected chi connectivity index (χ2v) is 8.10. The van der Waals surface area contributed by atoms with E-state index in [0.717, 1.165) is 26.9 Å². The van der Waals surface area contributed by atoms with Crippen LogP contribution in [0.5, 0.6) is 5.75 Å². The summed E-state index contributed by atoms with van der Waals surface area (Å²) in [6, 6.07) is 18.9. The number of hydrogen-bond acceptors (Lipinski definition) is 3. The molecule has 152 valence electrons. The summed E-state index contributed by atoms with van der Waals surface area (Å²) in [5.41, 5.74) is 9.49. The summed E-state index contributed by atoms with van der Waals surface area (Å²) in [6.07, 6.45) is 0. The van der Waals surface area contributed by atoms with Gasteiger partial charge < -0.3 is 10.5 Å². The molecule has 0 aromatic heterocycles. The molecule has 0 fully saturated rings. The lowest BCUT2D eigenvalue weighted by Gasteiger charge is -2.24. The lowest BCUT2D eigenvalue weighted by molar-refractivity contribution is 0.244. The van der Waals surface area contributed by atoms with E-state index in [-0.39, 0.29) is 5.82 Å². The highest BCUT2D eigenvalue weighted by molar-refractivity contribution is 9.10. The molecule has 0 amide bonds. The largest absolute Gasteiger partial charge is 0.496 e. The predicted molar refractivity (Wildman–Crippen MR) is 119 cm³/mol. The minimum absolute atomic E-state index is 0.295. The van der Waals surface area contributed by atoms with E-state index in [1.165, 1.54) is 6.07 Å². The van der Waals surface area contributed by atoms with Crippen LogP contribution in [0, 0.1) is 5.82 Å². The highest BCUT2D eigenvalue weighted by Gasteiger charge is 2.15. The van der Waals surface area contributed by atoms with Crippen molar-refractivity contribution in [1.29, 1.82) is 0 Å². The Morgan fingerprint density at radius 2 is 1.62 bits per heavy atom. The summed E-state index contributed by atoms with van der Waals surface area (Å²) in [5, 5.41) is 0.435. The van der Waals surface area contributed by atoms with E-state index in [1.54, 1.807) is 19.2 Å². The molecule has 0 spiro atoms. The van der Waals surface area contributed by atoms with Crippen molar-refractivity contribution in [3.05, 3.63) is 98.2 Å². The Labute approximate surface area is 184 Å². The normalized spacial score (nSPS) is 11.1. The van der Waals surface area contributed by atoms with Crippen molar-refractivity contribution in [3.8, 4) is 5.75 Å². The van der Waals surface area contributed by atoms with Crippen molar-refractivity contribution in [2.24, 2.45) is 5.73 Å². The van der Waals surface area contributed by atoms with E-state index in [9.17, 15) is 4.39 Å². The lowest BCUT2D eigenvalue weighted by Crippen LogP contribution is -2.23. The van der Waals surface area contributed by atoms with Gasteiger partial charge in [0, 0.05) is 36.8 Å². The molecule has 0 saturated heterocycles. The Kier molecular flexibility index (Phi) is 7.67. The first-order valence-corrected chi connectivity index (χ1v) is 10.4. The van der Waals surface area contributed by atoms with Crippen molar-refractivity contribution in [1.82, 2.24) is 4.90 Å². The molecule has 0 aliphatic rings. The van der Waals surface area contributed by atoms with Crippen LogP contribution >= 0.6 is 27.5 Å². The van der Waals surface area contributed by atoms with Crippen LogP contribution in [0.4, 0.5) is 4.39 Å². The van der Waals surface area contributed by atoms with Gasteiger partial charge in [-0.15, -0.1) is 0 Å². The Hall–Kier alpha value is -1.92. The van der Waals surface area contributed by atoms with Gasteiger partial charge in [0.15, 0.2) is 0 Å². The first-order chi connectivity index (χ1) is 14.0. The summed E-state index contributed by atoms with van der Waals surface area (Å²) in [5.74, 6) is 0.478. The summed E-state index contributed by atoms with van der Waals surface area (Å²) < 4.78 is 20.6. The van der Waals surface area contributed by atoms with Crippen LogP contribution in [0.15, 0.2) is 65.1 Å². The van der Waals surface area contributed by atoms with E-state index in [2.05, 4.69) is 33.0 Å². The molecule has 3 aromatic carbocycles. The Morgan fingerprint density at radius 1 is 0.966 bits per heavy atom. The van der Waals surface area contributed by atoms with Gasteiger partial charge >= 0.3 is 0 Å². The fourth-order valence-corrected chi connectivity index (χ4v) is 3.99. The molecule has 6 heteroatoms. The first kappa shape index (κ1) is 21.8. The van der Waals surface area contributed by atoms with Gasteiger partial charge in [-0.3, -0.25) is 4.90 Å². The minimum atomic E-state index is -0.295. The molecule has 3 nitrogen and oxygen atoms in total. The highest BCUT2D eigenvalue weighted by atomic mass is 79.9. The molecule has 0 atom stereocenters. The number of nitrogens with two attached hydrogens (primary N) is 1. The third-order valence-electron chi connectivity index (χ3n) is 4.73. The maximum atomic E-state index is 14.4. The van der Waals surface area contributed by atoms with Crippen molar-refractivity contribution >= 4 is 27.5 Å². The van der Waals surface area contributed by atoms with E-state index >= 15 is 0 Å². The molecule has 0 heterocycles. The van der Waals surface area contributed by atoms with Crippen molar-refractivity contribution in [2.75, 3.05) is 7.11 Å². The van der Waals surface area contributed by atoms with Gasteiger partial charge in [-0.1, -0.05) is 48.0 Å². The number of halogens is 3. The van der Waals surface area contributed by atoms with Gasteiger partial charge in [0.05, 0.1) is 11.6 Å². The third kappa shape index (κ3) is 5.80. The van der Waals surface area contributed by atoms with Crippen molar-refractivity contribution in [3.63, 3.8) is 0 Å². The average molecular weight is 478 g/mol. The van der Waals surface area contributed by atoms with Crippen molar-refractivity contribution in [2.45, 2.75) is 26.2 Å². The van der Waals surface area contributed by atoms with Crippen LogP contribution < -0.4 is 10.5 Å². The zero-order chi connectivity index (χ0) is 20.8. The topological polar surface area (TPSA) is 38.5 Å². The Bertz CT molecular complexity index is 945. The zero-order valence-corrected chi connectivity index (χ0v) is 18.5. The number of methoxy groups -OCH3 is 1. The maximum absolute atomic E-state index is 14.4.